The van der Waals surface area contributed by atoms with Crippen LogP contribution in [0.25, 0.3) is 10.9 Å². The molecule has 0 bridgehead atoms. The van der Waals surface area contributed by atoms with Crippen LogP contribution in [0.5, 0.6) is 11.5 Å². The zero-order chi connectivity index (χ0) is 22.4. The maximum Gasteiger partial charge on any atom is 0.263 e. The number of ether oxygens (including phenoxy) is 2. The first kappa shape index (κ1) is 23.2. The lowest BCUT2D eigenvalue weighted by atomic mass is 10.2. The summed E-state index contributed by atoms with van der Waals surface area (Å²) in [6, 6.07) is 9.77. The largest absolute Gasteiger partial charge is 0.493 e. The molecule has 0 aliphatic carbocycles. The fourth-order valence-corrected chi connectivity index (χ4v) is 4.34. The molecule has 0 radical (unpaired) electrons. The van der Waals surface area contributed by atoms with E-state index in [1.165, 1.54) is 25.6 Å². The van der Waals surface area contributed by atoms with Crippen LogP contribution in [0.3, 0.4) is 0 Å². The van der Waals surface area contributed by atoms with Gasteiger partial charge in [0.15, 0.2) is 17.3 Å². The molecule has 1 heterocycles. The summed E-state index contributed by atoms with van der Waals surface area (Å²) in [5.74, 6) is 1.19. The summed E-state index contributed by atoms with van der Waals surface area (Å²) in [6.07, 6.45) is 1.31. The van der Waals surface area contributed by atoms with Gasteiger partial charge in [0.05, 0.1) is 17.5 Å². The van der Waals surface area contributed by atoms with Crippen LogP contribution in [-0.4, -0.2) is 56.6 Å². The van der Waals surface area contributed by atoms with Gasteiger partial charge in [-0.15, -0.1) is 0 Å². The second-order valence-corrected chi connectivity index (χ2v) is 9.28. The molecule has 0 atom stereocenters. The van der Waals surface area contributed by atoms with E-state index in [1.54, 1.807) is 24.3 Å². The van der Waals surface area contributed by atoms with E-state index in [0.29, 0.717) is 29.0 Å². The Kier molecular flexibility index (Phi) is 7.69. The molecule has 10 heteroatoms. The highest BCUT2D eigenvalue weighted by Gasteiger charge is 2.18. The number of fused-ring (bicyclic) bond motifs is 1. The molecule has 0 fully saturated rings. The highest BCUT2D eigenvalue weighted by molar-refractivity contribution is 9.10. The first-order chi connectivity index (χ1) is 14.9. The first-order valence-electron chi connectivity index (χ1n) is 9.84. The van der Waals surface area contributed by atoms with Crippen molar-refractivity contribution in [1.82, 2.24) is 14.9 Å². The average Bonchev–Trinajstić information content (AvgIpc) is 2.76. The Morgan fingerprint density at radius 1 is 1.06 bits per heavy atom. The Bertz CT molecular complexity index is 1140. The van der Waals surface area contributed by atoms with Gasteiger partial charge in [-0.3, -0.25) is 4.72 Å². The number of methoxy groups -OCH3 is 1. The summed E-state index contributed by atoms with van der Waals surface area (Å²) in [7, 11) is -2.28. The summed E-state index contributed by atoms with van der Waals surface area (Å²) in [5.41, 5.74) is 0.544. The normalized spacial score (nSPS) is 11.6. The van der Waals surface area contributed by atoms with Crippen molar-refractivity contribution in [3.63, 3.8) is 0 Å². The van der Waals surface area contributed by atoms with Crippen molar-refractivity contribution in [2.75, 3.05) is 38.1 Å². The van der Waals surface area contributed by atoms with Crippen molar-refractivity contribution in [2.45, 2.75) is 18.7 Å². The number of halogens is 1. The molecule has 8 nitrogen and oxygen atoms in total. The Morgan fingerprint density at radius 3 is 2.42 bits per heavy atom. The SMILES string of the molecule is CCN(CC)CCOc1cc2ncnc(NS(=O)(=O)c3ccc(Br)cc3)c2cc1OC. The van der Waals surface area contributed by atoms with E-state index in [9.17, 15) is 8.42 Å². The topological polar surface area (TPSA) is 93.6 Å². The molecule has 166 valence electrons. The molecule has 0 spiro atoms. The smallest absolute Gasteiger partial charge is 0.263 e. The standard InChI is InChI=1S/C21H25BrN4O4S/c1-4-26(5-2)10-11-30-20-13-18-17(12-19(20)29-3)21(24-14-23-18)25-31(27,28)16-8-6-15(22)7-9-16/h6-9,12-14H,4-5,10-11H2,1-3H3,(H,23,24,25). The summed E-state index contributed by atoms with van der Waals surface area (Å²) < 4.78 is 40.3. The maximum absolute atomic E-state index is 12.8. The van der Waals surface area contributed by atoms with Gasteiger partial charge in [0.25, 0.3) is 10.0 Å². The molecule has 1 N–H and O–H groups in total. The lowest BCUT2D eigenvalue weighted by Crippen LogP contribution is -2.27. The zero-order valence-corrected chi connectivity index (χ0v) is 20.0. The molecule has 0 amide bonds. The Labute approximate surface area is 190 Å². The maximum atomic E-state index is 12.8. The molecule has 1 aromatic heterocycles. The number of rotatable bonds is 10. The minimum Gasteiger partial charge on any atom is -0.493 e. The molecule has 0 aliphatic heterocycles. The molecule has 3 aromatic rings. The van der Waals surface area contributed by atoms with Crippen molar-refractivity contribution >= 4 is 42.7 Å². The summed E-state index contributed by atoms with van der Waals surface area (Å²) in [6.45, 7) is 7.39. The second kappa shape index (κ2) is 10.3. The van der Waals surface area contributed by atoms with Crippen LogP contribution >= 0.6 is 15.9 Å². The second-order valence-electron chi connectivity index (χ2n) is 6.68. The van der Waals surface area contributed by atoms with Crippen molar-refractivity contribution in [2.24, 2.45) is 0 Å². The highest BCUT2D eigenvalue weighted by atomic mass is 79.9. The number of nitrogens with zero attached hydrogens (tertiary/aromatic N) is 3. The van der Waals surface area contributed by atoms with Crippen LogP contribution in [0.15, 0.2) is 52.1 Å². The molecule has 0 saturated heterocycles. The molecule has 0 saturated carbocycles. The van der Waals surface area contributed by atoms with E-state index in [1.807, 2.05) is 0 Å². The molecule has 31 heavy (non-hydrogen) atoms. The third-order valence-electron chi connectivity index (χ3n) is 4.84. The van der Waals surface area contributed by atoms with E-state index in [4.69, 9.17) is 9.47 Å². The van der Waals surface area contributed by atoms with E-state index in [-0.39, 0.29) is 10.7 Å². The molecule has 0 unspecified atom stereocenters. The Balaban J connectivity index is 1.89. The average molecular weight is 509 g/mol. The van der Waals surface area contributed by atoms with Gasteiger partial charge >= 0.3 is 0 Å². The first-order valence-corrected chi connectivity index (χ1v) is 12.1. The molecular weight excluding hydrogens is 484 g/mol. The third kappa shape index (κ3) is 5.63. The zero-order valence-electron chi connectivity index (χ0n) is 17.6. The third-order valence-corrected chi connectivity index (χ3v) is 6.72. The predicted octanol–water partition coefficient (Wildman–Crippen LogP) is 3.92. The number of anilines is 1. The number of hydrogen-bond donors (Lipinski definition) is 1. The van der Waals surface area contributed by atoms with E-state index >= 15 is 0 Å². The number of hydrogen-bond acceptors (Lipinski definition) is 7. The van der Waals surface area contributed by atoms with Crippen LogP contribution in [0.4, 0.5) is 5.82 Å². The van der Waals surface area contributed by atoms with Gasteiger partial charge in [0.1, 0.15) is 12.9 Å². The number of aromatic nitrogens is 2. The quantitative estimate of drug-likeness (QED) is 0.443. The molecule has 0 aliphatic rings. The van der Waals surface area contributed by atoms with Crippen molar-refractivity contribution in [1.29, 1.82) is 0 Å². The van der Waals surface area contributed by atoms with Crippen LogP contribution in [-0.2, 0) is 10.0 Å². The minimum absolute atomic E-state index is 0.130. The van der Waals surface area contributed by atoms with Gasteiger partial charge in [0.2, 0.25) is 0 Å². The number of benzene rings is 2. The molecular formula is C21H25BrN4O4S. The Hall–Kier alpha value is -2.43. The van der Waals surface area contributed by atoms with Gasteiger partial charge in [-0.2, -0.15) is 0 Å². The minimum atomic E-state index is -3.82. The predicted molar refractivity (Wildman–Crippen MR) is 124 cm³/mol. The van der Waals surface area contributed by atoms with E-state index < -0.39 is 10.0 Å². The monoisotopic (exact) mass is 508 g/mol. The highest BCUT2D eigenvalue weighted by Crippen LogP contribution is 2.34. The Morgan fingerprint density at radius 2 is 1.77 bits per heavy atom. The van der Waals surface area contributed by atoms with Gasteiger partial charge in [0, 0.05) is 22.5 Å². The summed E-state index contributed by atoms with van der Waals surface area (Å²) in [5, 5.41) is 0.510. The summed E-state index contributed by atoms with van der Waals surface area (Å²) >= 11 is 3.30. The number of sulfonamides is 1. The van der Waals surface area contributed by atoms with Crippen molar-refractivity contribution < 1.29 is 17.9 Å². The van der Waals surface area contributed by atoms with Crippen LogP contribution in [0, 0.1) is 0 Å². The van der Waals surface area contributed by atoms with Gasteiger partial charge < -0.3 is 14.4 Å². The van der Waals surface area contributed by atoms with Gasteiger partial charge in [-0.1, -0.05) is 29.8 Å². The number of nitrogens with one attached hydrogen (secondary N) is 1. The molecule has 3 rings (SSSR count). The van der Waals surface area contributed by atoms with Crippen LogP contribution < -0.4 is 14.2 Å². The fraction of sp³-hybridized carbons (Fsp3) is 0.333. The number of likely N-dealkylation sites (N-methyl/N-ethyl adjacent to an activating group) is 1. The van der Waals surface area contributed by atoms with Gasteiger partial charge in [-0.25, -0.2) is 18.4 Å². The molecule has 2 aromatic carbocycles. The van der Waals surface area contributed by atoms with Crippen molar-refractivity contribution in [3.8, 4) is 11.5 Å². The summed E-state index contributed by atoms with van der Waals surface area (Å²) in [4.78, 5) is 10.8. The van der Waals surface area contributed by atoms with E-state index in [0.717, 1.165) is 24.1 Å². The van der Waals surface area contributed by atoms with Crippen molar-refractivity contribution in [3.05, 3.63) is 47.2 Å². The lowest BCUT2D eigenvalue weighted by molar-refractivity contribution is 0.217. The lowest BCUT2D eigenvalue weighted by Gasteiger charge is -2.19. The van der Waals surface area contributed by atoms with E-state index in [2.05, 4.69) is 49.4 Å². The van der Waals surface area contributed by atoms with Gasteiger partial charge in [-0.05, 0) is 43.4 Å². The fourth-order valence-electron chi connectivity index (χ4n) is 3.04. The van der Waals surface area contributed by atoms with Crippen LogP contribution in [0.2, 0.25) is 0 Å². The van der Waals surface area contributed by atoms with Crippen LogP contribution in [0.1, 0.15) is 13.8 Å².